The van der Waals surface area contributed by atoms with Gasteiger partial charge >= 0.3 is 0 Å². The van der Waals surface area contributed by atoms with Gasteiger partial charge in [0.25, 0.3) is 0 Å². The topological polar surface area (TPSA) is 9.23 Å². The fourth-order valence-electron chi connectivity index (χ4n) is 1.70. The lowest BCUT2D eigenvalue weighted by molar-refractivity contribution is 0.304. The van der Waals surface area contributed by atoms with Crippen molar-refractivity contribution < 1.29 is 4.74 Å². The van der Waals surface area contributed by atoms with Gasteiger partial charge in [0, 0.05) is 0 Å². The minimum absolute atomic E-state index is 0.621. The summed E-state index contributed by atoms with van der Waals surface area (Å²) in [5, 5.41) is 0. The van der Waals surface area contributed by atoms with Crippen LogP contribution in [-0.4, -0.2) is 0 Å². The maximum atomic E-state index is 5.72. The van der Waals surface area contributed by atoms with E-state index in [0.717, 1.165) is 5.75 Å². The quantitative estimate of drug-likeness (QED) is 0.752. The molecule has 0 saturated carbocycles. The third kappa shape index (κ3) is 2.43. The third-order valence-electron chi connectivity index (χ3n) is 2.71. The fourth-order valence-corrected chi connectivity index (χ4v) is 1.70. The Bertz CT molecular complexity index is 440. The summed E-state index contributed by atoms with van der Waals surface area (Å²) in [5.74, 6) is 0.866. The average molecular weight is 211 g/mol. The molecule has 0 fully saturated rings. The van der Waals surface area contributed by atoms with Crippen LogP contribution in [0.4, 0.5) is 0 Å². The van der Waals surface area contributed by atoms with Crippen LogP contribution in [0.25, 0.3) is 0 Å². The normalized spacial score (nSPS) is 10.1. The molecule has 2 aromatic rings. The van der Waals surface area contributed by atoms with Gasteiger partial charge in [0.2, 0.25) is 0 Å². The lowest BCUT2D eigenvalue weighted by Crippen LogP contribution is -2.00. The second kappa shape index (κ2) is 4.84. The maximum Gasteiger partial charge on any atom is 0.120 e. The molecule has 0 aliphatic heterocycles. The van der Waals surface area contributed by atoms with Crippen LogP contribution in [0.3, 0.4) is 0 Å². The van der Waals surface area contributed by atoms with Gasteiger partial charge in [0.1, 0.15) is 12.4 Å². The van der Waals surface area contributed by atoms with Crippen molar-refractivity contribution in [3.05, 3.63) is 65.2 Å². The van der Waals surface area contributed by atoms with Crippen molar-refractivity contribution in [3.63, 3.8) is 0 Å². The standard InChI is InChI=1S/C15H15O/c1-12-7-6-8-13(2)15(12)11-16-14-9-4-3-5-10-14/h3-4,6-10H,11H2,1-2H3. The Kier molecular flexibility index (Phi) is 3.25. The molecule has 0 heterocycles. The summed E-state index contributed by atoms with van der Waals surface area (Å²) in [5.41, 5.74) is 3.83. The minimum Gasteiger partial charge on any atom is -0.489 e. The van der Waals surface area contributed by atoms with Crippen LogP contribution >= 0.6 is 0 Å². The molecule has 81 valence electrons. The molecule has 0 N–H and O–H groups in total. The Morgan fingerprint density at radius 1 is 1.06 bits per heavy atom. The molecule has 16 heavy (non-hydrogen) atoms. The van der Waals surface area contributed by atoms with Crippen LogP contribution in [0.1, 0.15) is 16.7 Å². The van der Waals surface area contributed by atoms with Crippen LogP contribution in [-0.2, 0) is 6.61 Å². The summed E-state index contributed by atoms with van der Waals surface area (Å²) in [4.78, 5) is 0. The molecule has 0 aromatic heterocycles. The largest absolute Gasteiger partial charge is 0.489 e. The lowest BCUT2D eigenvalue weighted by Gasteiger charge is -2.11. The first kappa shape index (κ1) is 10.7. The van der Waals surface area contributed by atoms with Crippen molar-refractivity contribution in [2.75, 3.05) is 0 Å². The SMILES string of the molecule is Cc1cccc(C)c1COc1c[c]ccc1. The van der Waals surface area contributed by atoms with Gasteiger partial charge in [-0.15, -0.1) is 0 Å². The second-order valence-corrected chi connectivity index (χ2v) is 3.90. The molecular formula is C15H15O. The molecule has 2 aromatic carbocycles. The molecule has 1 radical (unpaired) electrons. The smallest absolute Gasteiger partial charge is 0.120 e. The number of ether oxygens (including phenoxy) is 1. The molecule has 0 aliphatic rings. The molecule has 0 saturated heterocycles. The van der Waals surface area contributed by atoms with Gasteiger partial charge in [-0.05, 0) is 48.7 Å². The van der Waals surface area contributed by atoms with E-state index in [4.69, 9.17) is 4.74 Å². The molecule has 0 spiro atoms. The van der Waals surface area contributed by atoms with Crippen molar-refractivity contribution in [2.24, 2.45) is 0 Å². The highest BCUT2D eigenvalue weighted by atomic mass is 16.5. The molecule has 0 aliphatic carbocycles. The fraction of sp³-hybridized carbons (Fsp3) is 0.200. The van der Waals surface area contributed by atoms with Gasteiger partial charge in [-0.2, -0.15) is 0 Å². The Hall–Kier alpha value is -1.76. The summed E-state index contributed by atoms with van der Waals surface area (Å²) in [6.07, 6.45) is 0. The van der Waals surface area contributed by atoms with Gasteiger partial charge < -0.3 is 4.74 Å². The molecule has 1 heteroatoms. The summed E-state index contributed by atoms with van der Waals surface area (Å²) in [6, 6.07) is 16.9. The summed E-state index contributed by atoms with van der Waals surface area (Å²) in [6.45, 7) is 4.85. The monoisotopic (exact) mass is 211 g/mol. The average Bonchev–Trinajstić information content (AvgIpc) is 2.30. The van der Waals surface area contributed by atoms with E-state index in [0.29, 0.717) is 6.61 Å². The van der Waals surface area contributed by atoms with Crippen molar-refractivity contribution >= 4 is 0 Å². The molecule has 1 nitrogen and oxygen atoms in total. The van der Waals surface area contributed by atoms with Gasteiger partial charge in [0.05, 0.1) is 0 Å². The van der Waals surface area contributed by atoms with E-state index >= 15 is 0 Å². The Labute approximate surface area is 96.7 Å². The predicted molar refractivity (Wildman–Crippen MR) is 65.5 cm³/mol. The Morgan fingerprint density at radius 3 is 2.44 bits per heavy atom. The molecule has 0 amide bonds. The predicted octanol–water partition coefficient (Wildman–Crippen LogP) is 3.68. The number of hydrogen-bond acceptors (Lipinski definition) is 1. The molecule has 0 atom stereocenters. The van der Waals surface area contributed by atoms with Crippen molar-refractivity contribution in [2.45, 2.75) is 20.5 Å². The first-order chi connectivity index (χ1) is 7.77. The Morgan fingerprint density at radius 2 is 1.81 bits per heavy atom. The second-order valence-electron chi connectivity index (χ2n) is 3.90. The highest BCUT2D eigenvalue weighted by Crippen LogP contribution is 2.16. The van der Waals surface area contributed by atoms with Crippen LogP contribution in [0.5, 0.6) is 5.75 Å². The zero-order chi connectivity index (χ0) is 11.4. The number of hydrogen-bond donors (Lipinski definition) is 0. The van der Waals surface area contributed by atoms with E-state index in [1.165, 1.54) is 16.7 Å². The zero-order valence-corrected chi connectivity index (χ0v) is 9.66. The molecule has 0 unspecified atom stereocenters. The van der Waals surface area contributed by atoms with Gasteiger partial charge in [0.15, 0.2) is 0 Å². The summed E-state index contributed by atoms with van der Waals surface area (Å²) >= 11 is 0. The van der Waals surface area contributed by atoms with Gasteiger partial charge in [-0.1, -0.05) is 30.3 Å². The van der Waals surface area contributed by atoms with E-state index in [9.17, 15) is 0 Å². The number of benzene rings is 2. The highest BCUT2D eigenvalue weighted by molar-refractivity contribution is 5.33. The molecule has 2 rings (SSSR count). The first-order valence-corrected chi connectivity index (χ1v) is 5.41. The van der Waals surface area contributed by atoms with E-state index in [1.54, 1.807) is 0 Å². The van der Waals surface area contributed by atoms with E-state index < -0.39 is 0 Å². The van der Waals surface area contributed by atoms with E-state index in [2.05, 4.69) is 38.1 Å². The lowest BCUT2D eigenvalue weighted by atomic mass is 10.0. The molecular weight excluding hydrogens is 196 g/mol. The van der Waals surface area contributed by atoms with Crippen LogP contribution in [0.15, 0.2) is 42.5 Å². The van der Waals surface area contributed by atoms with Gasteiger partial charge in [-0.3, -0.25) is 0 Å². The van der Waals surface area contributed by atoms with Crippen LogP contribution in [0.2, 0.25) is 0 Å². The summed E-state index contributed by atoms with van der Waals surface area (Å²) in [7, 11) is 0. The van der Waals surface area contributed by atoms with E-state index in [-0.39, 0.29) is 0 Å². The van der Waals surface area contributed by atoms with E-state index in [1.807, 2.05) is 24.3 Å². The first-order valence-electron chi connectivity index (χ1n) is 5.41. The van der Waals surface area contributed by atoms with Crippen molar-refractivity contribution in [3.8, 4) is 5.75 Å². The Balaban J connectivity index is 2.11. The summed E-state index contributed by atoms with van der Waals surface area (Å²) < 4.78 is 5.72. The number of aryl methyl sites for hydroxylation is 2. The maximum absolute atomic E-state index is 5.72. The zero-order valence-electron chi connectivity index (χ0n) is 9.66. The number of rotatable bonds is 3. The van der Waals surface area contributed by atoms with Crippen LogP contribution in [0, 0.1) is 19.9 Å². The van der Waals surface area contributed by atoms with Crippen molar-refractivity contribution in [1.82, 2.24) is 0 Å². The molecule has 0 bridgehead atoms. The third-order valence-corrected chi connectivity index (χ3v) is 2.71. The highest BCUT2D eigenvalue weighted by Gasteiger charge is 2.02. The van der Waals surface area contributed by atoms with Gasteiger partial charge in [-0.25, -0.2) is 0 Å². The minimum atomic E-state index is 0.621. The van der Waals surface area contributed by atoms with Crippen molar-refractivity contribution in [1.29, 1.82) is 0 Å². The van der Waals surface area contributed by atoms with Crippen LogP contribution < -0.4 is 4.74 Å².